The number of morpholine rings is 1. The van der Waals surface area contributed by atoms with E-state index in [1.54, 1.807) is 6.07 Å². The molecule has 29 heavy (non-hydrogen) atoms. The topological polar surface area (TPSA) is 66.9 Å². The lowest BCUT2D eigenvalue weighted by Gasteiger charge is -2.34. The van der Waals surface area contributed by atoms with Gasteiger partial charge in [-0.15, -0.1) is 0 Å². The van der Waals surface area contributed by atoms with E-state index in [-0.39, 0.29) is 42.9 Å². The van der Waals surface area contributed by atoms with E-state index in [2.05, 4.69) is 0 Å². The lowest BCUT2D eigenvalue weighted by atomic mass is 9.96. The molecule has 0 aliphatic carbocycles. The first-order valence-corrected chi connectivity index (χ1v) is 11.2. The van der Waals surface area contributed by atoms with Gasteiger partial charge >= 0.3 is 6.18 Å². The number of halogens is 3. The van der Waals surface area contributed by atoms with Gasteiger partial charge in [0.25, 0.3) is 5.91 Å². The van der Waals surface area contributed by atoms with Crippen molar-refractivity contribution >= 4 is 15.9 Å². The smallest absolute Gasteiger partial charge is 0.379 e. The van der Waals surface area contributed by atoms with Crippen molar-refractivity contribution in [2.75, 3.05) is 39.4 Å². The zero-order valence-corrected chi connectivity index (χ0v) is 17.1. The van der Waals surface area contributed by atoms with Crippen molar-refractivity contribution < 1.29 is 31.1 Å². The predicted octanol–water partition coefficient (Wildman–Crippen LogP) is 2.68. The molecule has 1 atom stereocenters. The number of rotatable bonds is 4. The number of benzene rings is 1. The Morgan fingerprint density at radius 3 is 2.52 bits per heavy atom. The first-order valence-electron chi connectivity index (χ1n) is 9.71. The molecule has 2 aliphatic rings. The normalized spacial score (nSPS) is 21.9. The second-order valence-electron chi connectivity index (χ2n) is 7.32. The Morgan fingerprint density at radius 1 is 1.21 bits per heavy atom. The van der Waals surface area contributed by atoms with Gasteiger partial charge in [0, 0.05) is 31.7 Å². The molecule has 0 N–H and O–H groups in total. The van der Waals surface area contributed by atoms with Gasteiger partial charge in [0.2, 0.25) is 10.0 Å². The van der Waals surface area contributed by atoms with Crippen LogP contribution in [0.3, 0.4) is 0 Å². The number of sulfonamides is 1. The summed E-state index contributed by atoms with van der Waals surface area (Å²) >= 11 is 0. The molecule has 2 aliphatic heterocycles. The van der Waals surface area contributed by atoms with Crippen molar-refractivity contribution in [2.24, 2.45) is 5.92 Å². The summed E-state index contributed by atoms with van der Waals surface area (Å²) in [5, 5.41) is 0. The van der Waals surface area contributed by atoms with E-state index in [4.69, 9.17) is 4.74 Å². The van der Waals surface area contributed by atoms with Crippen LogP contribution in [0.1, 0.15) is 35.7 Å². The molecule has 0 aromatic heterocycles. The number of piperidine rings is 1. The van der Waals surface area contributed by atoms with Crippen LogP contribution < -0.4 is 0 Å². The third-order valence-corrected chi connectivity index (χ3v) is 7.44. The molecule has 6 nitrogen and oxygen atoms in total. The minimum absolute atomic E-state index is 0.00128. The molecule has 0 radical (unpaired) electrons. The van der Waals surface area contributed by atoms with E-state index in [1.807, 2.05) is 6.92 Å². The summed E-state index contributed by atoms with van der Waals surface area (Å²) in [5.41, 5.74) is 0.664. The number of amides is 1. The highest BCUT2D eigenvalue weighted by atomic mass is 32.2. The van der Waals surface area contributed by atoms with Crippen LogP contribution >= 0.6 is 0 Å². The van der Waals surface area contributed by atoms with Gasteiger partial charge in [-0.3, -0.25) is 4.79 Å². The summed E-state index contributed by atoms with van der Waals surface area (Å²) in [7, 11) is -3.82. The van der Waals surface area contributed by atoms with Crippen molar-refractivity contribution in [1.82, 2.24) is 9.21 Å². The van der Waals surface area contributed by atoms with Crippen molar-refractivity contribution in [2.45, 2.75) is 37.3 Å². The molecule has 0 saturated carbocycles. The van der Waals surface area contributed by atoms with Gasteiger partial charge < -0.3 is 9.64 Å². The summed E-state index contributed by atoms with van der Waals surface area (Å²) in [4.78, 5) is 14.1. The minimum atomic E-state index is -4.35. The molecule has 0 bridgehead atoms. The van der Waals surface area contributed by atoms with E-state index in [0.717, 1.165) is 0 Å². The second-order valence-corrected chi connectivity index (χ2v) is 9.23. The monoisotopic (exact) mass is 434 g/mol. The van der Waals surface area contributed by atoms with E-state index >= 15 is 0 Å². The van der Waals surface area contributed by atoms with Crippen LogP contribution in [0.25, 0.3) is 0 Å². The average Bonchev–Trinajstić information content (AvgIpc) is 2.73. The van der Waals surface area contributed by atoms with E-state index in [0.29, 0.717) is 25.2 Å². The van der Waals surface area contributed by atoms with Crippen molar-refractivity contribution in [3.63, 3.8) is 0 Å². The van der Waals surface area contributed by atoms with Crippen molar-refractivity contribution in [3.05, 3.63) is 29.3 Å². The zero-order valence-electron chi connectivity index (χ0n) is 16.2. The summed E-state index contributed by atoms with van der Waals surface area (Å²) in [5.74, 6) is -2.12. The Morgan fingerprint density at radius 2 is 1.90 bits per heavy atom. The maximum absolute atomic E-state index is 13.1. The highest BCUT2D eigenvalue weighted by molar-refractivity contribution is 7.89. The van der Waals surface area contributed by atoms with Gasteiger partial charge in [-0.25, -0.2) is 8.42 Å². The molecule has 1 aromatic carbocycles. The number of hydrogen-bond acceptors (Lipinski definition) is 4. The van der Waals surface area contributed by atoms with Crippen LogP contribution in [0.4, 0.5) is 13.2 Å². The lowest BCUT2D eigenvalue weighted by Crippen LogP contribution is -2.44. The fraction of sp³-hybridized carbons (Fsp3) is 0.632. The highest BCUT2D eigenvalue weighted by Gasteiger charge is 2.43. The van der Waals surface area contributed by atoms with E-state index in [1.165, 1.54) is 21.3 Å². The summed E-state index contributed by atoms with van der Waals surface area (Å²) in [6, 6.07) is 4.38. The Bertz CT molecular complexity index is 852. The average molecular weight is 434 g/mol. The van der Waals surface area contributed by atoms with Gasteiger partial charge in [0.05, 0.1) is 24.0 Å². The molecule has 2 heterocycles. The molecule has 2 saturated heterocycles. The third-order valence-electron chi connectivity index (χ3n) is 5.45. The number of ether oxygens (including phenoxy) is 1. The standard InChI is InChI=1S/C19H25F3N2O4S/c1-2-14-5-6-15(12-17(14)29(26,27)24-8-10-28-11-9-24)18(25)23-7-3-4-16(13-23)19(20,21)22/h5-6,12,16H,2-4,7-11,13H2,1H3. The molecule has 1 amide bonds. The largest absolute Gasteiger partial charge is 0.393 e. The molecule has 162 valence electrons. The summed E-state index contributed by atoms with van der Waals surface area (Å²) < 4.78 is 71.9. The molecular weight excluding hydrogens is 409 g/mol. The van der Waals surface area contributed by atoms with Crippen molar-refractivity contribution in [1.29, 1.82) is 0 Å². The highest BCUT2D eigenvalue weighted by Crippen LogP contribution is 2.34. The van der Waals surface area contributed by atoms with Gasteiger partial charge in [0.15, 0.2) is 0 Å². The third kappa shape index (κ3) is 4.75. The predicted molar refractivity (Wildman–Crippen MR) is 100 cm³/mol. The Labute approximate surface area is 168 Å². The fourth-order valence-corrected chi connectivity index (χ4v) is 5.48. The number of carbonyl (C=O) groups excluding carboxylic acids is 1. The molecule has 1 aromatic rings. The molecule has 3 rings (SSSR count). The number of alkyl halides is 3. The minimum Gasteiger partial charge on any atom is -0.379 e. The lowest BCUT2D eigenvalue weighted by molar-refractivity contribution is -0.184. The van der Waals surface area contributed by atoms with Gasteiger partial charge in [0.1, 0.15) is 0 Å². The van der Waals surface area contributed by atoms with Crippen LogP contribution in [0.15, 0.2) is 23.1 Å². The van der Waals surface area contributed by atoms with Crippen molar-refractivity contribution in [3.8, 4) is 0 Å². The Balaban J connectivity index is 1.89. The SMILES string of the molecule is CCc1ccc(C(=O)N2CCCC(C(F)(F)F)C2)cc1S(=O)(=O)N1CCOCC1. The first-order chi connectivity index (χ1) is 13.6. The van der Waals surface area contributed by atoms with Crippen LogP contribution in [0.5, 0.6) is 0 Å². The molecule has 0 spiro atoms. The zero-order chi connectivity index (χ0) is 21.2. The number of hydrogen-bond donors (Lipinski definition) is 0. The maximum Gasteiger partial charge on any atom is 0.393 e. The van der Waals surface area contributed by atoms with Gasteiger partial charge in [-0.05, 0) is 37.0 Å². The number of nitrogens with zero attached hydrogens (tertiary/aromatic N) is 2. The van der Waals surface area contributed by atoms with Crippen LogP contribution in [-0.2, 0) is 21.2 Å². The van der Waals surface area contributed by atoms with E-state index in [9.17, 15) is 26.4 Å². The number of likely N-dealkylation sites (tertiary alicyclic amines) is 1. The molecule has 1 unspecified atom stereocenters. The molecular formula is C19H25F3N2O4S. The first kappa shape index (κ1) is 22.0. The van der Waals surface area contributed by atoms with Gasteiger partial charge in [-0.1, -0.05) is 13.0 Å². The quantitative estimate of drug-likeness (QED) is 0.731. The number of aryl methyl sites for hydroxylation is 1. The summed E-state index contributed by atoms with van der Waals surface area (Å²) in [6.45, 7) is 2.69. The molecule has 2 fully saturated rings. The van der Waals surface area contributed by atoms with Crippen LogP contribution in [0, 0.1) is 5.92 Å². The fourth-order valence-electron chi connectivity index (χ4n) is 3.76. The number of carbonyl (C=O) groups is 1. The van der Waals surface area contributed by atoms with E-state index < -0.39 is 34.6 Å². The molecule has 10 heteroatoms. The summed E-state index contributed by atoms with van der Waals surface area (Å²) in [6.07, 6.45) is -3.64. The maximum atomic E-state index is 13.1. The second kappa shape index (κ2) is 8.61. The Kier molecular flexibility index (Phi) is 6.54. The Hall–Kier alpha value is -1.65. The van der Waals surface area contributed by atoms with Crippen LogP contribution in [0.2, 0.25) is 0 Å². The van der Waals surface area contributed by atoms with Gasteiger partial charge in [-0.2, -0.15) is 17.5 Å². The van der Waals surface area contributed by atoms with Crippen LogP contribution in [-0.4, -0.2) is 69.1 Å².